The fraction of sp³-hybridized carbons (Fsp3) is 0. The van der Waals surface area contributed by atoms with Crippen LogP contribution in [0.3, 0.4) is 0 Å². The fourth-order valence-electron chi connectivity index (χ4n) is 4.04. The minimum absolute atomic E-state index is 0.558. The Labute approximate surface area is 173 Å². The molecule has 3 heteroatoms. The van der Waals surface area contributed by atoms with E-state index in [4.69, 9.17) is 9.40 Å². The van der Waals surface area contributed by atoms with E-state index in [9.17, 15) is 0 Å². The predicted octanol–water partition coefficient (Wildman–Crippen LogP) is 7.60. The largest absolute Gasteiger partial charge is 0.423 e. The molecule has 142 valence electrons. The Bertz CT molecular complexity index is 1470. The average Bonchev–Trinajstić information content (AvgIpc) is 3.23. The summed E-state index contributed by atoms with van der Waals surface area (Å²) in [6.07, 6.45) is 0. The third-order valence-corrected chi connectivity index (χ3v) is 5.48. The van der Waals surface area contributed by atoms with Crippen molar-refractivity contribution in [1.29, 1.82) is 0 Å². The third-order valence-electron chi connectivity index (χ3n) is 5.48. The summed E-state index contributed by atoms with van der Waals surface area (Å²) in [4.78, 5) is 6.82. The lowest BCUT2D eigenvalue weighted by Crippen LogP contribution is -2.10. The molecule has 30 heavy (non-hydrogen) atoms. The van der Waals surface area contributed by atoms with Crippen molar-refractivity contribution in [2.75, 3.05) is 4.90 Å². The summed E-state index contributed by atoms with van der Waals surface area (Å²) >= 11 is 0. The first-order valence-electron chi connectivity index (χ1n) is 9.99. The molecule has 1 aromatic heterocycles. The quantitative estimate of drug-likeness (QED) is 0.293. The van der Waals surface area contributed by atoms with Crippen molar-refractivity contribution in [3.05, 3.63) is 109 Å². The second-order valence-electron chi connectivity index (χ2n) is 7.33. The monoisotopic (exact) mass is 386 g/mol. The Balaban J connectivity index is 1.57. The lowest BCUT2D eigenvalue weighted by molar-refractivity contribution is 0.608. The highest BCUT2D eigenvalue weighted by atomic mass is 16.4. The van der Waals surface area contributed by atoms with E-state index in [0.717, 1.165) is 22.5 Å². The van der Waals surface area contributed by atoms with E-state index in [-0.39, 0.29) is 0 Å². The first kappa shape index (κ1) is 16.8. The maximum atomic E-state index is 6.14. The number of aromatic nitrogens is 1. The van der Waals surface area contributed by atoms with Gasteiger partial charge in [-0.15, -0.1) is 0 Å². The zero-order valence-corrected chi connectivity index (χ0v) is 16.2. The molecule has 0 fully saturated rings. The standard InChI is InChI=1S/C27H18N2O/c1-2-9-21(10-3-1)29(27-28-25-12-6-7-13-26(25)30-27)22-16-17-24-20(18-22)15-14-19-8-4-5-11-23(19)24/h1-18H. The Morgan fingerprint density at radius 3 is 2.20 bits per heavy atom. The smallest absolute Gasteiger partial charge is 0.307 e. The van der Waals surface area contributed by atoms with E-state index >= 15 is 0 Å². The minimum Gasteiger partial charge on any atom is -0.423 e. The Morgan fingerprint density at radius 1 is 0.567 bits per heavy atom. The van der Waals surface area contributed by atoms with Crippen molar-refractivity contribution in [2.24, 2.45) is 0 Å². The van der Waals surface area contributed by atoms with Gasteiger partial charge in [0.25, 0.3) is 0 Å². The van der Waals surface area contributed by atoms with Crippen molar-refractivity contribution < 1.29 is 4.42 Å². The second kappa shape index (κ2) is 6.75. The highest BCUT2D eigenvalue weighted by Crippen LogP contribution is 2.37. The van der Waals surface area contributed by atoms with Crippen LogP contribution in [0.4, 0.5) is 17.4 Å². The first-order chi connectivity index (χ1) is 14.9. The van der Waals surface area contributed by atoms with Crippen molar-refractivity contribution in [1.82, 2.24) is 4.98 Å². The molecule has 0 saturated carbocycles. The molecule has 0 saturated heterocycles. The molecular weight excluding hydrogens is 368 g/mol. The predicted molar refractivity (Wildman–Crippen MR) is 124 cm³/mol. The molecule has 0 atom stereocenters. The van der Waals surface area contributed by atoms with Crippen LogP contribution in [0.2, 0.25) is 0 Å². The van der Waals surface area contributed by atoms with Crippen LogP contribution in [-0.4, -0.2) is 4.98 Å². The van der Waals surface area contributed by atoms with Crippen molar-refractivity contribution in [3.63, 3.8) is 0 Å². The van der Waals surface area contributed by atoms with E-state index in [1.54, 1.807) is 0 Å². The van der Waals surface area contributed by atoms with Gasteiger partial charge < -0.3 is 4.42 Å². The van der Waals surface area contributed by atoms with Crippen LogP contribution in [0.25, 0.3) is 32.6 Å². The van der Waals surface area contributed by atoms with Gasteiger partial charge in [-0.3, -0.25) is 4.90 Å². The van der Waals surface area contributed by atoms with Crippen molar-refractivity contribution >= 4 is 50.0 Å². The van der Waals surface area contributed by atoms with Crippen LogP contribution in [0.5, 0.6) is 0 Å². The summed E-state index contributed by atoms with van der Waals surface area (Å²) in [6.45, 7) is 0. The van der Waals surface area contributed by atoms with Crippen LogP contribution >= 0.6 is 0 Å². The number of hydrogen-bond acceptors (Lipinski definition) is 3. The Kier molecular flexibility index (Phi) is 3.78. The number of benzene rings is 5. The number of para-hydroxylation sites is 3. The van der Waals surface area contributed by atoms with Crippen molar-refractivity contribution in [2.45, 2.75) is 0 Å². The molecule has 6 aromatic rings. The van der Waals surface area contributed by atoms with E-state index in [1.807, 2.05) is 42.5 Å². The number of anilines is 3. The van der Waals surface area contributed by atoms with Gasteiger partial charge in [-0.25, -0.2) is 0 Å². The van der Waals surface area contributed by atoms with E-state index < -0.39 is 0 Å². The molecule has 0 spiro atoms. The van der Waals surface area contributed by atoms with E-state index in [0.29, 0.717) is 6.01 Å². The number of oxazole rings is 1. The van der Waals surface area contributed by atoms with Gasteiger partial charge in [0.15, 0.2) is 5.58 Å². The van der Waals surface area contributed by atoms with Crippen LogP contribution in [0.15, 0.2) is 114 Å². The van der Waals surface area contributed by atoms with Crippen molar-refractivity contribution in [3.8, 4) is 0 Å². The number of fused-ring (bicyclic) bond motifs is 4. The summed E-state index contributed by atoms with van der Waals surface area (Å²) in [7, 11) is 0. The Hall–Kier alpha value is -4.11. The molecule has 3 nitrogen and oxygen atoms in total. The van der Waals surface area contributed by atoms with Gasteiger partial charge in [0.2, 0.25) is 0 Å². The Morgan fingerprint density at radius 2 is 1.30 bits per heavy atom. The molecule has 0 N–H and O–H groups in total. The summed E-state index contributed by atoms with van der Waals surface area (Å²) < 4.78 is 6.14. The zero-order valence-electron chi connectivity index (χ0n) is 16.2. The molecule has 1 heterocycles. The van der Waals surface area contributed by atoms with Crippen LogP contribution in [0.1, 0.15) is 0 Å². The lowest BCUT2D eigenvalue weighted by atomic mass is 10.0. The van der Waals surface area contributed by atoms with Gasteiger partial charge in [-0.05, 0) is 57.9 Å². The minimum atomic E-state index is 0.558. The van der Waals surface area contributed by atoms with Gasteiger partial charge in [0, 0.05) is 0 Å². The SMILES string of the molecule is c1ccc(N(c2ccc3c(ccc4ccccc43)c2)c2nc3ccccc3o2)cc1. The zero-order chi connectivity index (χ0) is 19.9. The maximum absolute atomic E-state index is 6.14. The normalized spacial score (nSPS) is 11.3. The molecule has 0 unspecified atom stereocenters. The molecule has 0 bridgehead atoms. The number of hydrogen-bond donors (Lipinski definition) is 0. The molecule has 0 aliphatic carbocycles. The summed E-state index contributed by atoms with van der Waals surface area (Å²) in [5.41, 5.74) is 3.64. The second-order valence-corrected chi connectivity index (χ2v) is 7.33. The van der Waals surface area contributed by atoms with Gasteiger partial charge in [0.1, 0.15) is 5.52 Å². The van der Waals surface area contributed by atoms with Gasteiger partial charge in [0.05, 0.1) is 11.4 Å². The number of rotatable bonds is 3. The summed E-state index contributed by atoms with van der Waals surface area (Å²) in [5.74, 6) is 0. The summed E-state index contributed by atoms with van der Waals surface area (Å²) in [5, 5.41) is 4.93. The van der Waals surface area contributed by atoms with Gasteiger partial charge in [-0.2, -0.15) is 4.98 Å². The average molecular weight is 386 g/mol. The highest BCUT2D eigenvalue weighted by Gasteiger charge is 2.19. The van der Waals surface area contributed by atoms with Gasteiger partial charge in [-0.1, -0.05) is 72.8 Å². The highest BCUT2D eigenvalue weighted by molar-refractivity contribution is 6.08. The molecule has 0 aliphatic rings. The molecule has 0 radical (unpaired) electrons. The molecule has 0 amide bonds. The summed E-state index contributed by atoms with van der Waals surface area (Å²) in [6, 6.07) is 38.0. The number of nitrogens with zero attached hydrogens (tertiary/aromatic N) is 2. The van der Waals surface area contributed by atoms with Crippen LogP contribution < -0.4 is 4.90 Å². The topological polar surface area (TPSA) is 29.3 Å². The lowest BCUT2D eigenvalue weighted by Gasteiger charge is -2.21. The molecular formula is C27H18N2O. The molecule has 5 aromatic carbocycles. The van der Waals surface area contributed by atoms with Crippen LogP contribution in [-0.2, 0) is 0 Å². The fourth-order valence-corrected chi connectivity index (χ4v) is 4.04. The van der Waals surface area contributed by atoms with E-state index in [2.05, 4.69) is 71.6 Å². The molecule has 0 aliphatic heterocycles. The first-order valence-corrected chi connectivity index (χ1v) is 9.99. The van der Waals surface area contributed by atoms with E-state index in [1.165, 1.54) is 21.5 Å². The molecule has 6 rings (SSSR count). The van der Waals surface area contributed by atoms with Gasteiger partial charge >= 0.3 is 6.01 Å². The van der Waals surface area contributed by atoms with Crippen LogP contribution in [0, 0.1) is 0 Å². The third kappa shape index (κ3) is 2.72. The maximum Gasteiger partial charge on any atom is 0.307 e.